The molecule has 0 spiro atoms. The highest BCUT2D eigenvalue weighted by molar-refractivity contribution is 6.26. The van der Waals surface area contributed by atoms with Crippen LogP contribution in [0.1, 0.15) is 66.2 Å². The number of benzene rings is 2. The summed E-state index contributed by atoms with van der Waals surface area (Å²) in [6, 6.07) is 10.7. The van der Waals surface area contributed by atoms with Gasteiger partial charge in [-0.1, -0.05) is 12.5 Å². The van der Waals surface area contributed by atoms with E-state index < -0.39 is 29.7 Å². The fourth-order valence-electron chi connectivity index (χ4n) is 6.86. The molecule has 0 aromatic heterocycles. The van der Waals surface area contributed by atoms with Gasteiger partial charge in [0.05, 0.1) is 156 Å². The maximum absolute atomic E-state index is 13.2. The highest BCUT2D eigenvalue weighted by atomic mass is 16.6. The second-order valence-electron chi connectivity index (χ2n) is 15.8. The average molecular weight is 1010 g/mol. The van der Waals surface area contributed by atoms with Gasteiger partial charge in [0.2, 0.25) is 23.6 Å². The summed E-state index contributed by atoms with van der Waals surface area (Å²) >= 11 is 0. The number of nitrogens with one attached hydrogen (secondary N) is 3. The lowest BCUT2D eigenvalue weighted by Gasteiger charge is -2.27. The van der Waals surface area contributed by atoms with Crippen molar-refractivity contribution in [3.63, 3.8) is 0 Å². The number of hydrogen-bond donors (Lipinski definition) is 3. The predicted octanol–water partition coefficient (Wildman–Crippen LogP) is 2.81. The molecule has 2 aromatic carbocycles. The van der Waals surface area contributed by atoms with Crippen LogP contribution in [0.3, 0.4) is 0 Å². The van der Waals surface area contributed by atoms with Gasteiger partial charge >= 0.3 is 0 Å². The molecule has 1 unspecified atom stereocenters. The first-order valence-corrected chi connectivity index (χ1v) is 24.2. The van der Waals surface area contributed by atoms with Crippen molar-refractivity contribution in [2.24, 2.45) is 0 Å². The number of amides is 6. The first kappa shape index (κ1) is 58.6. The van der Waals surface area contributed by atoms with Gasteiger partial charge in [0.15, 0.2) is 0 Å². The van der Waals surface area contributed by atoms with E-state index in [-0.39, 0.29) is 47.9 Å². The van der Waals surface area contributed by atoms with Crippen molar-refractivity contribution >= 4 is 46.8 Å². The van der Waals surface area contributed by atoms with Gasteiger partial charge in [-0.05, 0) is 55.7 Å². The van der Waals surface area contributed by atoms with Crippen molar-refractivity contribution in [2.45, 2.75) is 51.5 Å². The molecule has 1 atom stereocenters. The molecule has 2 aliphatic heterocycles. The van der Waals surface area contributed by atoms with Crippen LogP contribution in [0.2, 0.25) is 0 Å². The molecule has 0 aliphatic carbocycles. The molecule has 0 radical (unpaired) electrons. The molecule has 2 aliphatic rings. The van der Waals surface area contributed by atoms with Crippen LogP contribution < -0.4 is 20.7 Å². The normalized spacial score (nSPS) is 14.5. The first-order valence-electron chi connectivity index (χ1n) is 24.2. The number of nitrogens with zero attached hydrogens (tertiary/aromatic N) is 1. The van der Waals surface area contributed by atoms with Gasteiger partial charge in [-0.3, -0.25) is 39.0 Å². The summed E-state index contributed by atoms with van der Waals surface area (Å²) in [6.45, 7) is 12.0. The van der Waals surface area contributed by atoms with E-state index in [0.29, 0.717) is 164 Å². The van der Waals surface area contributed by atoms with Crippen LogP contribution in [-0.2, 0) is 71.3 Å². The van der Waals surface area contributed by atoms with Gasteiger partial charge in [-0.25, -0.2) is 0 Å². The molecule has 71 heavy (non-hydrogen) atoms. The summed E-state index contributed by atoms with van der Waals surface area (Å²) in [5.41, 5.74) is 1.09. The van der Waals surface area contributed by atoms with Crippen LogP contribution in [0.25, 0.3) is 0 Å². The minimum absolute atomic E-state index is 0.0239. The zero-order chi connectivity index (χ0) is 50.6. The van der Waals surface area contributed by atoms with E-state index in [1.54, 1.807) is 36.4 Å². The molecule has 22 nitrogen and oxygen atoms in total. The molecule has 0 saturated carbocycles. The van der Waals surface area contributed by atoms with Crippen LogP contribution in [0.5, 0.6) is 5.75 Å². The van der Waals surface area contributed by atoms with E-state index in [1.165, 1.54) is 13.0 Å². The fourth-order valence-corrected chi connectivity index (χ4v) is 6.86. The minimum atomic E-state index is -1.08. The minimum Gasteiger partial charge on any atom is -0.491 e. The maximum atomic E-state index is 13.2. The Labute approximate surface area is 415 Å². The summed E-state index contributed by atoms with van der Waals surface area (Å²) in [6.07, 6.45) is 2.41. The molecule has 396 valence electrons. The number of fused-ring (bicyclic) bond motifs is 1. The summed E-state index contributed by atoms with van der Waals surface area (Å²) in [4.78, 5) is 74.7. The van der Waals surface area contributed by atoms with E-state index in [0.717, 1.165) is 23.4 Å². The zero-order valence-corrected chi connectivity index (χ0v) is 40.9. The fraction of sp³-hybridized carbons (Fsp3) is 0.633. The van der Waals surface area contributed by atoms with Crippen molar-refractivity contribution in [2.75, 3.05) is 163 Å². The topological polar surface area (TPSA) is 253 Å². The molecule has 3 N–H and O–H groups in total. The smallest absolute Gasteiger partial charge is 0.264 e. The second kappa shape index (κ2) is 36.9. The Hall–Kier alpha value is -4.98. The van der Waals surface area contributed by atoms with Gasteiger partial charge in [-0.2, -0.15) is 0 Å². The lowest BCUT2D eigenvalue weighted by molar-refractivity contribution is -0.136. The largest absolute Gasteiger partial charge is 0.491 e. The molecule has 22 heteroatoms. The highest BCUT2D eigenvalue weighted by Gasteiger charge is 2.45. The molecule has 4 rings (SSSR count). The van der Waals surface area contributed by atoms with Crippen molar-refractivity contribution in [1.29, 1.82) is 0 Å². The molecule has 1 saturated heterocycles. The van der Waals surface area contributed by atoms with E-state index in [1.807, 2.05) is 0 Å². The van der Waals surface area contributed by atoms with Crippen molar-refractivity contribution in [3.05, 3.63) is 53.6 Å². The number of imide groups is 2. The van der Waals surface area contributed by atoms with Gasteiger partial charge < -0.3 is 67.5 Å². The average Bonchev–Trinajstić information content (AvgIpc) is 3.61. The lowest BCUT2D eigenvalue weighted by atomic mass is 10.0. The lowest BCUT2D eigenvalue weighted by Crippen LogP contribution is -2.54. The van der Waals surface area contributed by atoms with Gasteiger partial charge in [0.25, 0.3) is 11.8 Å². The first-order chi connectivity index (χ1) is 34.7. The molecule has 6 amide bonds. The summed E-state index contributed by atoms with van der Waals surface area (Å²) in [5.74, 6) is -2.15. The summed E-state index contributed by atoms with van der Waals surface area (Å²) in [5, 5.41) is 7.61. The van der Waals surface area contributed by atoms with E-state index >= 15 is 0 Å². The number of carbonyl (C=O) groups is 6. The maximum Gasteiger partial charge on any atom is 0.264 e. The molecule has 1 fully saturated rings. The second-order valence-corrected chi connectivity index (χ2v) is 15.8. The van der Waals surface area contributed by atoms with Crippen molar-refractivity contribution < 1.29 is 85.6 Å². The third-order valence-corrected chi connectivity index (χ3v) is 10.3. The predicted molar refractivity (Wildman–Crippen MR) is 255 cm³/mol. The quantitative estimate of drug-likeness (QED) is 0.0638. The van der Waals surface area contributed by atoms with E-state index in [4.69, 9.17) is 56.8 Å². The Morgan fingerprint density at radius 1 is 0.535 bits per heavy atom. The Morgan fingerprint density at radius 3 is 1.44 bits per heavy atom. The monoisotopic (exact) mass is 1000 g/mol. The molecular weight excluding hydrogens is 933 g/mol. The van der Waals surface area contributed by atoms with E-state index in [2.05, 4.69) is 16.0 Å². The number of piperidine rings is 1. The Balaban J connectivity index is 0.789. The third kappa shape index (κ3) is 24.8. The molecule has 2 aromatic rings. The highest BCUT2D eigenvalue weighted by Crippen LogP contribution is 2.32. The molecule has 0 bridgehead atoms. The van der Waals surface area contributed by atoms with Crippen molar-refractivity contribution in [3.8, 4) is 5.75 Å². The number of unbranched alkanes of at least 4 members (excludes halogenated alkanes) is 2. The molecular formula is C49H72N4O18. The number of hydrogen-bond acceptors (Lipinski definition) is 18. The third-order valence-electron chi connectivity index (χ3n) is 10.3. The van der Waals surface area contributed by atoms with Gasteiger partial charge in [0.1, 0.15) is 18.4 Å². The van der Waals surface area contributed by atoms with E-state index in [9.17, 15) is 28.8 Å². The number of carbonyl (C=O) groups excluding carboxylic acids is 6. The van der Waals surface area contributed by atoms with Gasteiger partial charge in [-0.15, -0.1) is 0 Å². The Morgan fingerprint density at radius 2 is 0.986 bits per heavy atom. The van der Waals surface area contributed by atoms with Crippen LogP contribution in [0, 0.1) is 0 Å². The summed E-state index contributed by atoms with van der Waals surface area (Å²) < 4.78 is 66.3. The Kier molecular flexibility index (Phi) is 30.4. The van der Waals surface area contributed by atoms with Crippen LogP contribution in [-0.4, -0.2) is 198 Å². The number of rotatable bonds is 43. The standard InChI is InChI=1S/C49H72N4O18/c1-38(54)50-39-9-11-40(12-10-39)71-37-36-70-35-34-69-33-32-68-31-30-67-29-28-66-27-26-65-25-24-64-23-22-63-21-20-62-19-18-61-17-16-60-15-4-2-3-8-44(55)51-42-7-5-6-41-46(42)49(59)53(48(41)58)43-13-14-45(56)52-47(43)57/h5-7,9-12,43H,2-4,8,13-37H2,1H3,(H,50,54)(H,51,55)(H,52,56,57). The van der Waals surface area contributed by atoms with Crippen LogP contribution in [0.4, 0.5) is 11.4 Å². The van der Waals surface area contributed by atoms with Gasteiger partial charge in [0, 0.05) is 32.1 Å². The Bertz CT molecular complexity index is 1870. The van der Waals surface area contributed by atoms with Crippen molar-refractivity contribution in [1.82, 2.24) is 10.2 Å². The zero-order valence-electron chi connectivity index (χ0n) is 40.9. The van der Waals surface area contributed by atoms with Crippen LogP contribution >= 0.6 is 0 Å². The molecule has 2 heterocycles. The van der Waals surface area contributed by atoms with Crippen LogP contribution in [0.15, 0.2) is 42.5 Å². The SMILES string of the molecule is CC(=O)Nc1ccc(OCCOCCOCCOCCOCCOCCOCCOCCOCCOCCOCCOCCCCCC(=O)Nc2cccc3c2C(=O)N(C2CCC(=O)NC2=O)C3=O)cc1. The summed E-state index contributed by atoms with van der Waals surface area (Å²) in [7, 11) is 0. The number of ether oxygens (including phenoxy) is 12. The number of anilines is 2.